The van der Waals surface area contributed by atoms with E-state index in [0.29, 0.717) is 19.4 Å². The van der Waals surface area contributed by atoms with Gasteiger partial charge in [0.2, 0.25) is 0 Å². The van der Waals surface area contributed by atoms with Gasteiger partial charge in [0.05, 0.1) is 12.4 Å². The fraction of sp³-hybridized carbons (Fsp3) is 0.783. The molecular formula is C23H43NO2S. The molecule has 4 heteroatoms. The maximum Gasteiger partial charge on any atom is 0.120 e. The number of carbonyl (C=O) groups is 1. The summed E-state index contributed by atoms with van der Waals surface area (Å²) in [6.45, 7) is 26.6. The summed E-state index contributed by atoms with van der Waals surface area (Å²) in [5, 5.41) is 0. The molecule has 0 aliphatic rings. The number of carbonyl (C=O) groups excluding carboxylic acids is 1. The first kappa shape index (κ1) is 26.1. The fourth-order valence-corrected chi connectivity index (χ4v) is 3.63. The summed E-state index contributed by atoms with van der Waals surface area (Å²) < 4.78 is 6.14. The highest BCUT2D eigenvalue weighted by atomic mass is 32.1. The summed E-state index contributed by atoms with van der Waals surface area (Å²) in [6, 6.07) is 0. The van der Waals surface area contributed by atoms with Crippen molar-refractivity contribution in [3.8, 4) is 0 Å². The summed E-state index contributed by atoms with van der Waals surface area (Å²) in [5.74, 6) is 1.65. The lowest BCUT2D eigenvalue weighted by molar-refractivity contribution is -0.107. The van der Waals surface area contributed by atoms with Crippen LogP contribution in [0.2, 0.25) is 0 Å². The van der Waals surface area contributed by atoms with Crippen LogP contribution < -0.4 is 0 Å². The highest BCUT2D eigenvalue weighted by Gasteiger charge is 2.43. The van der Waals surface area contributed by atoms with Crippen LogP contribution in [0, 0.1) is 16.2 Å². The minimum Gasteiger partial charge on any atom is -0.498 e. The average Bonchev–Trinajstić information content (AvgIpc) is 2.52. The molecular weight excluding hydrogens is 354 g/mol. The van der Waals surface area contributed by atoms with Crippen LogP contribution in [0.15, 0.2) is 24.6 Å². The van der Waals surface area contributed by atoms with E-state index in [-0.39, 0.29) is 16.2 Å². The van der Waals surface area contributed by atoms with Crippen molar-refractivity contribution in [2.24, 2.45) is 16.2 Å². The normalized spacial score (nSPS) is 14.4. The molecule has 1 unspecified atom stereocenters. The number of nitrogens with zero attached hydrogens (tertiary/aromatic N) is 1. The lowest BCUT2D eigenvalue weighted by Gasteiger charge is -2.46. The standard InChI is InChI=1S/C23H43NO2S/c1-19(12-10-15-25)24(14-17-27)13-11-16-26-20(2)23(9,22(6,7)8)18-21(3,4)5/h15,27H,1-2,10-14,16-18H2,3-9H3. The SMILES string of the molecule is C=C(CCC=O)N(CCS)CCCOC(=C)C(C)(CC(C)(C)C)C(C)(C)C. The van der Waals surface area contributed by atoms with E-state index in [4.69, 9.17) is 4.74 Å². The molecule has 0 fully saturated rings. The molecule has 0 aliphatic heterocycles. The van der Waals surface area contributed by atoms with Gasteiger partial charge in [0, 0.05) is 36.4 Å². The average molecular weight is 398 g/mol. The van der Waals surface area contributed by atoms with Gasteiger partial charge in [-0.05, 0) is 30.1 Å². The van der Waals surface area contributed by atoms with Gasteiger partial charge < -0.3 is 14.4 Å². The number of thiol groups is 1. The van der Waals surface area contributed by atoms with Gasteiger partial charge in [0.1, 0.15) is 6.29 Å². The van der Waals surface area contributed by atoms with Crippen LogP contribution in [0.4, 0.5) is 0 Å². The quantitative estimate of drug-likeness (QED) is 0.176. The van der Waals surface area contributed by atoms with Gasteiger partial charge in [-0.1, -0.05) is 61.6 Å². The van der Waals surface area contributed by atoms with Crippen molar-refractivity contribution in [3.63, 3.8) is 0 Å². The van der Waals surface area contributed by atoms with E-state index < -0.39 is 0 Å². The first-order valence-corrected chi connectivity index (χ1v) is 10.7. The Morgan fingerprint density at radius 1 is 1.07 bits per heavy atom. The van der Waals surface area contributed by atoms with Gasteiger partial charge in [-0.25, -0.2) is 0 Å². The summed E-state index contributed by atoms with van der Waals surface area (Å²) in [6.07, 6.45) is 4.09. The van der Waals surface area contributed by atoms with Gasteiger partial charge in [0.15, 0.2) is 0 Å². The number of aldehydes is 1. The minimum atomic E-state index is -0.0937. The number of ether oxygens (including phenoxy) is 1. The molecule has 0 N–H and O–H groups in total. The second-order valence-corrected chi connectivity index (χ2v) is 10.4. The summed E-state index contributed by atoms with van der Waals surface area (Å²) in [5.41, 5.74) is 1.18. The maximum atomic E-state index is 10.6. The summed E-state index contributed by atoms with van der Waals surface area (Å²) in [7, 11) is 0. The second kappa shape index (κ2) is 11.2. The van der Waals surface area contributed by atoms with Crippen molar-refractivity contribution in [2.45, 2.75) is 74.1 Å². The Kier molecular flexibility index (Phi) is 10.8. The van der Waals surface area contributed by atoms with E-state index in [0.717, 1.165) is 49.4 Å². The molecule has 27 heavy (non-hydrogen) atoms. The van der Waals surface area contributed by atoms with Crippen LogP contribution in [-0.2, 0) is 9.53 Å². The zero-order chi connectivity index (χ0) is 21.3. The first-order valence-electron chi connectivity index (χ1n) is 10.1. The predicted molar refractivity (Wildman–Crippen MR) is 121 cm³/mol. The molecule has 0 radical (unpaired) electrons. The third-order valence-electron chi connectivity index (χ3n) is 5.37. The van der Waals surface area contributed by atoms with E-state index >= 15 is 0 Å². The largest absolute Gasteiger partial charge is 0.498 e. The van der Waals surface area contributed by atoms with E-state index in [9.17, 15) is 4.79 Å². The molecule has 0 aromatic rings. The van der Waals surface area contributed by atoms with E-state index in [2.05, 4.69) is 79.2 Å². The lowest BCUT2D eigenvalue weighted by atomic mass is 9.60. The van der Waals surface area contributed by atoms with Crippen molar-refractivity contribution in [1.82, 2.24) is 4.90 Å². The summed E-state index contributed by atoms with van der Waals surface area (Å²) in [4.78, 5) is 12.8. The Bertz CT molecular complexity index is 488. The second-order valence-electron chi connectivity index (χ2n) is 9.93. The van der Waals surface area contributed by atoms with Crippen molar-refractivity contribution in [2.75, 3.05) is 25.4 Å². The highest BCUT2D eigenvalue weighted by Crippen LogP contribution is 2.51. The smallest absolute Gasteiger partial charge is 0.120 e. The number of hydrogen-bond acceptors (Lipinski definition) is 4. The van der Waals surface area contributed by atoms with Gasteiger partial charge in [-0.3, -0.25) is 0 Å². The van der Waals surface area contributed by atoms with Crippen molar-refractivity contribution in [3.05, 3.63) is 24.6 Å². The van der Waals surface area contributed by atoms with Gasteiger partial charge in [0.25, 0.3) is 0 Å². The molecule has 0 aliphatic carbocycles. The molecule has 0 aromatic heterocycles. The van der Waals surface area contributed by atoms with Crippen LogP contribution in [0.25, 0.3) is 0 Å². The van der Waals surface area contributed by atoms with Crippen LogP contribution >= 0.6 is 12.6 Å². The van der Waals surface area contributed by atoms with Crippen LogP contribution in [0.3, 0.4) is 0 Å². The number of rotatable bonds is 13. The fourth-order valence-electron chi connectivity index (χ4n) is 3.39. The molecule has 0 saturated heterocycles. The van der Waals surface area contributed by atoms with Crippen LogP contribution in [0.5, 0.6) is 0 Å². The Hall–Kier alpha value is -0.900. The van der Waals surface area contributed by atoms with E-state index in [1.165, 1.54) is 0 Å². The Morgan fingerprint density at radius 2 is 1.67 bits per heavy atom. The molecule has 0 amide bonds. The number of hydrogen-bond donors (Lipinski definition) is 1. The summed E-state index contributed by atoms with van der Waals surface area (Å²) >= 11 is 4.33. The van der Waals surface area contributed by atoms with Crippen molar-refractivity contribution >= 4 is 18.9 Å². The zero-order valence-electron chi connectivity index (χ0n) is 18.9. The van der Waals surface area contributed by atoms with Crippen molar-refractivity contribution in [1.29, 1.82) is 0 Å². The molecule has 0 rings (SSSR count). The topological polar surface area (TPSA) is 29.5 Å². The molecule has 0 aromatic carbocycles. The highest BCUT2D eigenvalue weighted by molar-refractivity contribution is 7.80. The molecule has 0 spiro atoms. The molecule has 158 valence electrons. The van der Waals surface area contributed by atoms with Crippen LogP contribution in [-0.4, -0.2) is 36.6 Å². The first-order chi connectivity index (χ1) is 12.3. The molecule has 0 saturated carbocycles. The van der Waals surface area contributed by atoms with Gasteiger partial charge >= 0.3 is 0 Å². The van der Waals surface area contributed by atoms with Gasteiger partial charge in [-0.2, -0.15) is 12.6 Å². The third kappa shape index (κ3) is 9.23. The monoisotopic (exact) mass is 397 g/mol. The van der Waals surface area contributed by atoms with Gasteiger partial charge in [-0.15, -0.1) is 0 Å². The van der Waals surface area contributed by atoms with E-state index in [1.54, 1.807) is 0 Å². The van der Waals surface area contributed by atoms with Crippen molar-refractivity contribution < 1.29 is 9.53 Å². The molecule has 1 atom stereocenters. The lowest BCUT2D eigenvalue weighted by Crippen LogP contribution is -2.39. The molecule has 0 bridgehead atoms. The Morgan fingerprint density at radius 3 is 2.11 bits per heavy atom. The third-order valence-corrected chi connectivity index (χ3v) is 5.57. The Labute approximate surface area is 174 Å². The molecule has 3 nitrogen and oxygen atoms in total. The Balaban J connectivity index is 4.76. The molecule has 0 heterocycles. The number of allylic oxidation sites excluding steroid dienone is 2. The maximum absolute atomic E-state index is 10.6. The minimum absolute atomic E-state index is 0.0680. The van der Waals surface area contributed by atoms with Crippen LogP contribution in [0.1, 0.15) is 74.1 Å². The van der Waals surface area contributed by atoms with E-state index in [1.807, 2.05) is 0 Å². The zero-order valence-corrected chi connectivity index (χ0v) is 19.8. The predicted octanol–water partition coefficient (Wildman–Crippen LogP) is 6.12.